The van der Waals surface area contributed by atoms with E-state index in [0.29, 0.717) is 62.6 Å². The number of hydrogen-bond donors (Lipinski definition) is 6. The molecule has 7 aliphatic rings. The molecular weight excluding hydrogens is 1120 g/mol. The number of rotatable bonds is 20. The van der Waals surface area contributed by atoms with Gasteiger partial charge in [-0.05, 0) is 93.3 Å². The minimum atomic E-state index is -1.88. The lowest BCUT2D eigenvalue weighted by atomic mass is 9.71. The predicted octanol–water partition coefficient (Wildman–Crippen LogP) is 7.65. The predicted molar refractivity (Wildman–Crippen MR) is 319 cm³/mol. The lowest BCUT2D eigenvalue weighted by Gasteiger charge is -2.48. The lowest BCUT2D eigenvalue weighted by molar-refractivity contribution is -0.311. The Hall–Kier alpha value is -5.53. The molecule has 0 aromatic heterocycles. The van der Waals surface area contributed by atoms with Gasteiger partial charge in [0, 0.05) is 88.3 Å². The topological polar surface area (TPSA) is 306 Å². The van der Waals surface area contributed by atoms with Gasteiger partial charge in [-0.1, -0.05) is 88.2 Å². The van der Waals surface area contributed by atoms with Crippen LogP contribution >= 0.6 is 0 Å². The van der Waals surface area contributed by atoms with Crippen molar-refractivity contribution in [1.82, 2.24) is 16.0 Å². The summed E-state index contributed by atoms with van der Waals surface area (Å²) in [6.07, 6.45) is 10.2. The van der Waals surface area contributed by atoms with Crippen molar-refractivity contribution >= 4 is 29.4 Å². The molecule has 480 valence electrons. The number of phenols is 1. The monoisotopic (exact) mass is 1220 g/mol. The third-order valence-corrected chi connectivity index (χ3v) is 18.3. The quantitative estimate of drug-likeness (QED) is 0.0182. The number of aliphatic hydroxyl groups excluding tert-OH is 1. The Morgan fingerprint density at radius 2 is 1.63 bits per heavy atom. The molecule has 1 aliphatic carbocycles. The van der Waals surface area contributed by atoms with Crippen molar-refractivity contribution in [3.8, 4) is 5.75 Å². The van der Waals surface area contributed by atoms with E-state index in [1.165, 1.54) is 18.2 Å². The van der Waals surface area contributed by atoms with Gasteiger partial charge in [-0.15, -0.1) is 0 Å². The van der Waals surface area contributed by atoms with E-state index < -0.39 is 109 Å². The number of nitrogens with zero attached hydrogens (tertiary/aromatic N) is 3. The Bertz CT molecular complexity index is 2790. The zero-order valence-electron chi connectivity index (χ0n) is 52.0. The SMILES string of the molecule is CCC(C)[C@H]1O[C@]2(C=C[C@@H]1C)C[C@@H]1C[C@@H](C/C=C(\C)[C@@H](O[C@H]3C[C@H](OC)[C@@H](O[C@H]4C[C@H](OC)[C@@H](NC(=O)CCNC(=O)CCCCCNC(=O)c5ccc(N=[N+]=[N-])cc5O)[C@H](C)O4)[C@H](C)O3)[C@@H](C)/C=C/C=C3\CO[C@@H]4[C@H](O)C(C)=C[C@@H](C(=O)O1)[C@]34O)O2. The van der Waals surface area contributed by atoms with E-state index in [-0.39, 0.29) is 85.1 Å². The van der Waals surface area contributed by atoms with Crippen LogP contribution in [0.15, 0.2) is 82.6 Å². The van der Waals surface area contributed by atoms with Crippen LogP contribution in [0.1, 0.15) is 136 Å². The van der Waals surface area contributed by atoms with Crippen LogP contribution in [0.25, 0.3) is 10.4 Å². The zero-order valence-corrected chi connectivity index (χ0v) is 52.0. The average Bonchev–Trinajstić information content (AvgIpc) is 1.68. The van der Waals surface area contributed by atoms with Crippen LogP contribution in [0, 0.1) is 23.7 Å². The van der Waals surface area contributed by atoms with Gasteiger partial charge in [0.25, 0.3) is 5.91 Å². The molecule has 6 aliphatic heterocycles. The molecule has 2 bridgehead atoms. The highest BCUT2D eigenvalue weighted by Gasteiger charge is 2.60. The van der Waals surface area contributed by atoms with Crippen molar-refractivity contribution in [2.75, 3.05) is 33.9 Å². The van der Waals surface area contributed by atoms with E-state index in [4.69, 9.17) is 52.9 Å². The minimum Gasteiger partial charge on any atom is -0.507 e. The van der Waals surface area contributed by atoms with E-state index in [1.54, 1.807) is 33.3 Å². The van der Waals surface area contributed by atoms with Crippen LogP contribution in [-0.4, -0.2) is 170 Å². The van der Waals surface area contributed by atoms with Crippen LogP contribution in [-0.2, 0) is 61.8 Å². The number of aliphatic hydroxyl groups is 2. The Morgan fingerprint density at radius 3 is 2.37 bits per heavy atom. The molecule has 4 fully saturated rings. The molecule has 4 saturated heterocycles. The first kappa shape index (κ1) is 67.4. The average molecular weight is 1220 g/mol. The fourth-order valence-corrected chi connectivity index (χ4v) is 13.2. The molecule has 23 heteroatoms. The molecule has 1 aromatic carbocycles. The third-order valence-electron chi connectivity index (χ3n) is 18.3. The standard InChI is InChI=1S/C64H92N6O17/c1-11-35(2)58-38(5)23-25-63(87-58)33-45-30-44(86-63)21-19-37(4)57(36(3)16-15-17-42-34-80-60-56(74)39(6)28-47(62(76)83-45)64(42,60)77)84-54-32-50(79-10)59(41(8)82-54)85-53-31-49(78-9)55(40(7)81-53)68-52(73)24-27-66-51(72)18-13-12-14-26-67-61(75)46-22-20-43(69-70-65)29-48(46)71/h15-17,19-20,22-23,25,28-29,35-36,38,40-41,44-45,47,49-50,53-60,71,74,77H,11-14,18,21,24,26-27,30-34H2,1-10H3,(H,66,72)(H,67,75)(H,68,73)/b16-15+,37-19+,42-17+/t35?,36-,38-,40-,41-,44+,45-,47-,49-,50-,53-,54-,55-,56+,57-,58+,59-,60+,63+,64+/m0/s1. The number of carbonyl (C=O) groups excluding carboxylic acids is 4. The number of amides is 3. The van der Waals surface area contributed by atoms with Gasteiger partial charge in [-0.25, -0.2) is 0 Å². The number of nitrogens with one attached hydrogen (secondary N) is 3. The maximum atomic E-state index is 14.5. The molecule has 20 atom stereocenters. The van der Waals surface area contributed by atoms with E-state index in [9.17, 15) is 34.5 Å². The zero-order chi connectivity index (χ0) is 62.7. The van der Waals surface area contributed by atoms with Crippen LogP contribution in [0.4, 0.5) is 5.69 Å². The van der Waals surface area contributed by atoms with Gasteiger partial charge in [-0.2, -0.15) is 0 Å². The van der Waals surface area contributed by atoms with Crippen LogP contribution < -0.4 is 16.0 Å². The van der Waals surface area contributed by atoms with Crippen molar-refractivity contribution < 1.29 is 81.9 Å². The normalized spacial score (nSPS) is 38.0. The summed E-state index contributed by atoms with van der Waals surface area (Å²) in [6.45, 7) is 16.4. The molecule has 87 heavy (non-hydrogen) atoms. The Kier molecular flexibility index (Phi) is 23.5. The number of carbonyl (C=O) groups is 4. The molecule has 6 N–H and O–H groups in total. The number of unbranched alkanes of at least 4 members (excludes halogenated alkanes) is 2. The van der Waals surface area contributed by atoms with Gasteiger partial charge in [-0.3, -0.25) is 19.2 Å². The van der Waals surface area contributed by atoms with Gasteiger partial charge >= 0.3 is 5.97 Å². The largest absolute Gasteiger partial charge is 0.507 e. The maximum Gasteiger partial charge on any atom is 0.316 e. The second-order valence-electron chi connectivity index (χ2n) is 24.6. The van der Waals surface area contributed by atoms with Crippen molar-refractivity contribution in [3.63, 3.8) is 0 Å². The molecular formula is C64H92N6O17. The van der Waals surface area contributed by atoms with Gasteiger partial charge < -0.3 is 78.6 Å². The van der Waals surface area contributed by atoms with Gasteiger partial charge in [0.2, 0.25) is 11.8 Å². The van der Waals surface area contributed by atoms with E-state index in [2.05, 4.69) is 58.9 Å². The Labute approximate surface area is 510 Å². The van der Waals surface area contributed by atoms with E-state index in [0.717, 1.165) is 12.0 Å². The Morgan fingerprint density at radius 1 is 0.885 bits per heavy atom. The number of esters is 1. The first-order chi connectivity index (χ1) is 41.6. The second kappa shape index (κ2) is 30.3. The summed E-state index contributed by atoms with van der Waals surface area (Å²) in [5.74, 6) is -4.04. The molecule has 8 rings (SSSR count). The number of aromatic hydroxyl groups is 1. The van der Waals surface area contributed by atoms with Crippen molar-refractivity contribution in [2.45, 2.75) is 223 Å². The summed E-state index contributed by atoms with van der Waals surface area (Å²) in [6, 6.07) is 3.52. The maximum absolute atomic E-state index is 14.5. The highest BCUT2D eigenvalue weighted by molar-refractivity contribution is 5.97. The van der Waals surface area contributed by atoms with Gasteiger partial charge in [0.1, 0.15) is 41.7 Å². The Balaban J connectivity index is 0.861. The lowest BCUT2D eigenvalue weighted by Crippen LogP contribution is -2.59. The number of fused-ring (bicyclic) bond motifs is 2. The molecule has 0 saturated carbocycles. The van der Waals surface area contributed by atoms with Gasteiger partial charge in [0.05, 0.1) is 60.9 Å². The fraction of sp³-hybridized carbons (Fsp3) is 0.688. The minimum absolute atomic E-state index is 0.00243. The second-order valence-corrected chi connectivity index (χ2v) is 24.6. The first-order valence-corrected chi connectivity index (χ1v) is 31.0. The number of hydrogen-bond acceptors (Lipinski definition) is 18. The van der Waals surface area contributed by atoms with Crippen LogP contribution in [0.2, 0.25) is 0 Å². The summed E-state index contributed by atoms with van der Waals surface area (Å²) < 4.78 is 65.1. The summed E-state index contributed by atoms with van der Waals surface area (Å²) in [5, 5.41) is 46.0. The number of allylic oxidation sites excluding steroid dienone is 2. The highest BCUT2D eigenvalue weighted by atomic mass is 16.7. The number of phenolic OH excluding ortho intramolecular Hbond substituents is 1. The van der Waals surface area contributed by atoms with Gasteiger partial charge in [0.15, 0.2) is 18.4 Å². The summed E-state index contributed by atoms with van der Waals surface area (Å²) >= 11 is 0. The molecule has 0 radical (unpaired) electrons. The summed E-state index contributed by atoms with van der Waals surface area (Å²) in [7, 11) is 3.20. The smallest absolute Gasteiger partial charge is 0.316 e. The molecule has 23 nitrogen and oxygen atoms in total. The van der Waals surface area contributed by atoms with E-state index in [1.807, 2.05) is 45.9 Å². The molecule has 1 unspecified atom stereocenters. The molecule has 1 aromatic rings. The first-order valence-electron chi connectivity index (χ1n) is 31.0. The van der Waals surface area contributed by atoms with Crippen molar-refractivity contribution in [3.05, 3.63) is 93.5 Å². The molecule has 1 spiro atoms. The number of azide groups is 1. The van der Waals surface area contributed by atoms with E-state index >= 15 is 0 Å². The van der Waals surface area contributed by atoms with Crippen LogP contribution in [0.3, 0.4) is 0 Å². The summed E-state index contributed by atoms with van der Waals surface area (Å²) in [4.78, 5) is 55.4. The number of methoxy groups -OCH3 is 2. The highest BCUT2D eigenvalue weighted by Crippen LogP contribution is 2.47. The van der Waals surface area contributed by atoms with Crippen molar-refractivity contribution in [1.29, 1.82) is 0 Å². The number of benzene rings is 1. The molecule has 3 amide bonds. The summed E-state index contributed by atoms with van der Waals surface area (Å²) in [5.41, 5.74) is 8.82. The third kappa shape index (κ3) is 16.3. The molecule has 6 heterocycles. The fourth-order valence-electron chi connectivity index (χ4n) is 13.2. The van der Waals surface area contributed by atoms with Crippen LogP contribution in [0.5, 0.6) is 5.75 Å². The van der Waals surface area contributed by atoms with Crippen molar-refractivity contribution in [2.24, 2.45) is 28.8 Å². The number of ether oxygens (including phenoxy) is 10.